The molecule has 3 aromatic rings. The normalized spacial score (nSPS) is 17.3. The number of aromatic nitrogens is 2. The van der Waals surface area contributed by atoms with Gasteiger partial charge >= 0.3 is 0 Å². The van der Waals surface area contributed by atoms with Crippen LogP contribution in [0, 0.1) is 13.8 Å². The molecule has 2 aromatic heterocycles. The monoisotopic (exact) mass is 481 g/mol. The summed E-state index contributed by atoms with van der Waals surface area (Å²) >= 11 is 3.06. The standard InChI is InChI=1S/C26H31N3O2S2/c1-15-12-13-16(2)20(14-15)29-25(31)22-19-10-6-7-11-21(19)33-24(22)28-26(29)32-17(3)23(30)27-18-8-4-5-9-18/h12-14,17-18H,4-11H2,1-3H3,(H,27,30). The van der Waals surface area contributed by atoms with E-state index in [1.54, 1.807) is 15.9 Å². The van der Waals surface area contributed by atoms with Crippen molar-refractivity contribution in [3.63, 3.8) is 0 Å². The van der Waals surface area contributed by atoms with E-state index >= 15 is 0 Å². The van der Waals surface area contributed by atoms with Gasteiger partial charge in [0.25, 0.3) is 5.56 Å². The van der Waals surface area contributed by atoms with E-state index in [-0.39, 0.29) is 22.8 Å². The van der Waals surface area contributed by atoms with Gasteiger partial charge in [-0.15, -0.1) is 11.3 Å². The summed E-state index contributed by atoms with van der Waals surface area (Å²) in [7, 11) is 0. The number of nitrogens with one attached hydrogen (secondary N) is 1. The van der Waals surface area contributed by atoms with Crippen LogP contribution in [0.4, 0.5) is 0 Å². The molecule has 0 radical (unpaired) electrons. The second kappa shape index (κ2) is 9.26. The molecule has 0 bridgehead atoms. The van der Waals surface area contributed by atoms with E-state index in [1.807, 2.05) is 20.8 Å². The van der Waals surface area contributed by atoms with E-state index in [4.69, 9.17) is 4.98 Å². The fourth-order valence-electron chi connectivity index (χ4n) is 5.04. The lowest BCUT2D eigenvalue weighted by molar-refractivity contribution is -0.120. The summed E-state index contributed by atoms with van der Waals surface area (Å²) in [5.41, 5.74) is 4.17. The first-order valence-electron chi connectivity index (χ1n) is 12.0. The SMILES string of the molecule is Cc1ccc(C)c(-n2c(SC(C)C(=O)NC3CCCC3)nc3sc4c(c3c2=O)CCCC4)c1. The molecule has 1 atom stereocenters. The van der Waals surface area contributed by atoms with E-state index in [1.165, 1.54) is 41.5 Å². The van der Waals surface area contributed by atoms with Crippen molar-refractivity contribution in [3.8, 4) is 5.69 Å². The Bertz CT molecular complexity index is 1270. The zero-order chi connectivity index (χ0) is 23.1. The first-order valence-corrected chi connectivity index (χ1v) is 13.7. The molecule has 174 valence electrons. The molecule has 7 heteroatoms. The molecular weight excluding hydrogens is 450 g/mol. The minimum Gasteiger partial charge on any atom is -0.352 e. The number of thioether (sulfide) groups is 1. The lowest BCUT2D eigenvalue weighted by Gasteiger charge is -2.19. The molecule has 2 aliphatic carbocycles. The average molecular weight is 482 g/mol. The molecule has 1 saturated carbocycles. The number of hydrogen-bond donors (Lipinski definition) is 1. The zero-order valence-electron chi connectivity index (χ0n) is 19.6. The van der Waals surface area contributed by atoms with Gasteiger partial charge < -0.3 is 5.32 Å². The third kappa shape index (κ3) is 4.37. The molecule has 0 aliphatic heterocycles. The van der Waals surface area contributed by atoms with Crippen molar-refractivity contribution in [2.75, 3.05) is 0 Å². The van der Waals surface area contributed by atoms with Gasteiger partial charge in [0.05, 0.1) is 16.3 Å². The van der Waals surface area contributed by atoms with Gasteiger partial charge in [-0.1, -0.05) is 36.7 Å². The molecule has 1 amide bonds. The number of amides is 1. The van der Waals surface area contributed by atoms with Gasteiger partial charge in [-0.05, 0) is 82.1 Å². The van der Waals surface area contributed by atoms with Crippen LogP contribution in [0.15, 0.2) is 28.2 Å². The number of carbonyl (C=O) groups excluding carboxylic acids is 1. The number of carbonyl (C=O) groups is 1. The highest BCUT2D eigenvalue weighted by molar-refractivity contribution is 8.00. The van der Waals surface area contributed by atoms with E-state index in [9.17, 15) is 9.59 Å². The third-order valence-corrected chi connectivity index (χ3v) is 9.15. The van der Waals surface area contributed by atoms with Crippen LogP contribution in [0.3, 0.4) is 0 Å². The Kier molecular flexibility index (Phi) is 6.36. The highest BCUT2D eigenvalue weighted by Gasteiger charge is 2.27. The number of nitrogens with zero attached hydrogens (tertiary/aromatic N) is 2. The Balaban J connectivity index is 1.61. The summed E-state index contributed by atoms with van der Waals surface area (Å²) in [6.45, 7) is 5.98. The molecule has 5 nitrogen and oxygen atoms in total. The van der Waals surface area contributed by atoms with Gasteiger partial charge in [-0.25, -0.2) is 4.98 Å². The van der Waals surface area contributed by atoms with Crippen molar-refractivity contribution in [2.45, 2.75) is 88.6 Å². The molecule has 1 unspecified atom stereocenters. The molecular formula is C26H31N3O2S2. The lowest BCUT2D eigenvalue weighted by Crippen LogP contribution is -2.38. The molecule has 1 N–H and O–H groups in total. The highest BCUT2D eigenvalue weighted by Crippen LogP contribution is 2.36. The Hall–Kier alpha value is -2.12. The summed E-state index contributed by atoms with van der Waals surface area (Å²) < 4.78 is 1.76. The number of thiophene rings is 1. The smallest absolute Gasteiger partial charge is 0.267 e. The summed E-state index contributed by atoms with van der Waals surface area (Å²) in [6.07, 6.45) is 8.75. The third-order valence-electron chi connectivity index (χ3n) is 6.92. The van der Waals surface area contributed by atoms with E-state index in [2.05, 4.69) is 23.5 Å². The average Bonchev–Trinajstić information content (AvgIpc) is 3.43. The van der Waals surface area contributed by atoms with Crippen molar-refractivity contribution < 1.29 is 4.79 Å². The van der Waals surface area contributed by atoms with Gasteiger partial charge in [0.1, 0.15) is 4.83 Å². The first kappa shape index (κ1) is 22.7. The molecule has 33 heavy (non-hydrogen) atoms. The molecule has 1 aromatic carbocycles. The molecule has 0 saturated heterocycles. The summed E-state index contributed by atoms with van der Waals surface area (Å²) in [5.74, 6) is 0.0271. The second-order valence-corrected chi connectivity index (χ2v) is 11.9. The maximum absolute atomic E-state index is 14.0. The number of aryl methyl sites for hydroxylation is 4. The van der Waals surface area contributed by atoms with E-state index in [0.29, 0.717) is 5.16 Å². The minimum atomic E-state index is -0.332. The molecule has 2 aliphatic rings. The highest BCUT2D eigenvalue weighted by atomic mass is 32.2. The van der Waals surface area contributed by atoms with Crippen LogP contribution in [0.5, 0.6) is 0 Å². The Labute approximate surface area is 203 Å². The van der Waals surface area contributed by atoms with E-state index in [0.717, 1.165) is 59.1 Å². The van der Waals surface area contributed by atoms with Gasteiger partial charge in [0.15, 0.2) is 5.16 Å². The number of fused-ring (bicyclic) bond motifs is 3. The number of rotatable bonds is 5. The molecule has 1 fully saturated rings. The Morgan fingerprint density at radius 3 is 2.73 bits per heavy atom. The van der Waals surface area contributed by atoms with Crippen LogP contribution in [-0.2, 0) is 17.6 Å². The molecule has 5 rings (SSSR count). The quantitative estimate of drug-likeness (QED) is 0.387. The predicted octanol–water partition coefficient (Wildman–Crippen LogP) is 5.48. The zero-order valence-corrected chi connectivity index (χ0v) is 21.2. The van der Waals surface area contributed by atoms with Crippen LogP contribution in [0.1, 0.15) is 67.0 Å². The maximum atomic E-state index is 14.0. The molecule has 2 heterocycles. The van der Waals surface area contributed by atoms with Crippen LogP contribution in [-0.4, -0.2) is 26.8 Å². The van der Waals surface area contributed by atoms with Crippen LogP contribution < -0.4 is 10.9 Å². The fraction of sp³-hybridized carbons (Fsp3) is 0.500. The van der Waals surface area contributed by atoms with Gasteiger partial charge in [0.2, 0.25) is 5.91 Å². The minimum absolute atomic E-state index is 0.000925. The maximum Gasteiger partial charge on any atom is 0.267 e. The van der Waals surface area contributed by atoms with Crippen LogP contribution in [0.2, 0.25) is 0 Å². The van der Waals surface area contributed by atoms with Crippen molar-refractivity contribution in [1.29, 1.82) is 0 Å². The van der Waals surface area contributed by atoms with Crippen molar-refractivity contribution in [3.05, 3.63) is 50.1 Å². The Morgan fingerprint density at radius 2 is 1.94 bits per heavy atom. The van der Waals surface area contributed by atoms with Crippen molar-refractivity contribution >= 4 is 39.2 Å². The van der Waals surface area contributed by atoms with Gasteiger partial charge in [0, 0.05) is 10.9 Å². The van der Waals surface area contributed by atoms with E-state index < -0.39 is 0 Å². The molecule has 0 spiro atoms. The number of hydrogen-bond acceptors (Lipinski definition) is 5. The predicted molar refractivity (Wildman–Crippen MR) is 137 cm³/mol. The Morgan fingerprint density at radius 1 is 1.18 bits per heavy atom. The topological polar surface area (TPSA) is 64.0 Å². The fourth-order valence-corrected chi connectivity index (χ4v) is 7.27. The van der Waals surface area contributed by atoms with Gasteiger partial charge in [-0.2, -0.15) is 0 Å². The number of benzene rings is 1. The lowest BCUT2D eigenvalue weighted by atomic mass is 9.97. The summed E-state index contributed by atoms with van der Waals surface area (Å²) in [4.78, 5) is 34.1. The first-order chi connectivity index (χ1) is 15.9. The summed E-state index contributed by atoms with van der Waals surface area (Å²) in [6, 6.07) is 6.44. The van der Waals surface area contributed by atoms with Gasteiger partial charge in [-0.3, -0.25) is 14.2 Å². The second-order valence-electron chi connectivity index (χ2n) is 9.47. The van der Waals surface area contributed by atoms with Crippen molar-refractivity contribution in [1.82, 2.24) is 14.9 Å². The van der Waals surface area contributed by atoms with Crippen LogP contribution >= 0.6 is 23.1 Å². The van der Waals surface area contributed by atoms with Crippen LogP contribution in [0.25, 0.3) is 15.9 Å². The largest absolute Gasteiger partial charge is 0.352 e. The summed E-state index contributed by atoms with van der Waals surface area (Å²) in [5, 5.41) is 4.25. The van der Waals surface area contributed by atoms with Crippen molar-refractivity contribution in [2.24, 2.45) is 0 Å².